The van der Waals surface area contributed by atoms with Crippen LogP contribution in [0.4, 0.5) is 15.3 Å². The van der Waals surface area contributed by atoms with Gasteiger partial charge in [0.05, 0.1) is 18.8 Å². The van der Waals surface area contributed by atoms with E-state index >= 15 is 0 Å². The number of fused-ring (bicyclic) bond motifs is 1. The van der Waals surface area contributed by atoms with Crippen molar-refractivity contribution in [2.24, 2.45) is 5.92 Å². The van der Waals surface area contributed by atoms with E-state index in [9.17, 15) is 14.4 Å². The van der Waals surface area contributed by atoms with Crippen LogP contribution >= 0.6 is 0 Å². The first-order valence-corrected chi connectivity index (χ1v) is 12.0. The molecule has 9 heteroatoms. The average molecular weight is 459 g/mol. The lowest BCUT2D eigenvalue weighted by molar-refractivity contribution is -0.127. The third-order valence-corrected chi connectivity index (χ3v) is 6.66. The number of piperidine rings is 2. The molecular weight excluding hydrogens is 424 g/mol. The normalized spacial score (nSPS) is 21.8. The zero-order valence-electron chi connectivity index (χ0n) is 19.5. The van der Waals surface area contributed by atoms with Crippen molar-refractivity contribution in [3.63, 3.8) is 0 Å². The van der Waals surface area contributed by atoms with Gasteiger partial charge in [0.25, 0.3) is 0 Å². The van der Waals surface area contributed by atoms with Crippen LogP contribution in [-0.2, 0) is 9.53 Å². The number of ether oxygens (including phenoxy) is 2. The van der Waals surface area contributed by atoms with Crippen LogP contribution in [0.2, 0.25) is 0 Å². The van der Waals surface area contributed by atoms with Crippen LogP contribution in [0, 0.1) is 5.92 Å². The van der Waals surface area contributed by atoms with Gasteiger partial charge >= 0.3 is 12.1 Å². The third kappa shape index (κ3) is 5.34. The zero-order valence-corrected chi connectivity index (χ0v) is 19.5. The van der Waals surface area contributed by atoms with Crippen LogP contribution < -0.4 is 15.0 Å². The van der Waals surface area contributed by atoms with Crippen molar-refractivity contribution in [1.82, 2.24) is 15.1 Å². The van der Waals surface area contributed by atoms with Crippen LogP contribution in [0.5, 0.6) is 5.75 Å². The number of amides is 4. The molecule has 180 valence electrons. The fraction of sp³-hybridized carbons (Fsp3) is 0.625. The summed E-state index contributed by atoms with van der Waals surface area (Å²) in [6.45, 7) is 6.95. The monoisotopic (exact) mass is 458 g/mol. The summed E-state index contributed by atoms with van der Waals surface area (Å²) in [5, 5.41) is 3.16. The number of para-hydroxylation sites is 2. The largest absolute Gasteiger partial charge is 0.487 e. The van der Waals surface area contributed by atoms with Gasteiger partial charge in [0.15, 0.2) is 0 Å². The lowest BCUT2D eigenvalue weighted by Crippen LogP contribution is -2.53. The van der Waals surface area contributed by atoms with Gasteiger partial charge in [0, 0.05) is 38.1 Å². The smallest absolute Gasteiger partial charge is 0.409 e. The van der Waals surface area contributed by atoms with Crippen molar-refractivity contribution < 1.29 is 23.9 Å². The second-order valence-corrected chi connectivity index (χ2v) is 9.02. The first kappa shape index (κ1) is 23.2. The molecule has 0 aliphatic carbocycles. The number of rotatable bonds is 3. The number of likely N-dealkylation sites (tertiary alicyclic amines) is 2. The van der Waals surface area contributed by atoms with Crippen LogP contribution in [0.3, 0.4) is 0 Å². The Labute approximate surface area is 195 Å². The SMILES string of the molecule is CCOC(=O)N1CCC(NC(=O)C2CCN(C(=O)N3C[C@@H](C)Oc4ccccc43)CC2)CC1. The Bertz CT molecular complexity index is 862. The van der Waals surface area contributed by atoms with Crippen molar-refractivity contribution in [3.05, 3.63) is 24.3 Å². The van der Waals surface area contributed by atoms with Crippen LogP contribution in [0.25, 0.3) is 0 Å². The molecule has 0 radical (unpaired) electrons. The number of carbonyl (C=O) groups excluding carboxylic acids is 3. The van der Waals surface area contributed by atoms with Gasteiger partial charge in [-0.15, -0.1) is 0 Å². The number of hydrogen-bond acceptors (Lipinski definition) is 5. The molecule has 3 aliphatic rings. The van der Waals surface area contributed by atoms with E-state index in [0.717, 1.165) is 24.3 Å². The molecule has 3 aliphatic heterocycles. The Kier molecular flexibility index (Phi) is 7.25. The van der Waals surface area contributed by atoms with Crippen molar-refractivity contribution in [2.75, 3.05) is 44.2 Å². The van der Waals surface area contributed by atoms with E-state index in [1.165, 1.54) is 0 Å². The minimum absolute atomic E-state index is 0.0252. The number of nitrogens with zero attached hydrogens (tertiary/aromatic N) is 3. The molecule has 1 N–H and O–H groups in total. The Morgan fingerprint density at radius 1 is 1.03 bits per heavy atom. The Morgan fingerprint density at radius 3 is 2.39 bits per heavy atom. The average Bonchev–Trinajstić information content (AvgIpc) is 2.83. The first-order valence-electron chi connectivity index (χ1n) is 12.0. The summed E-state index contributed by atoms with van der Waals surface area (Å²) >= 11 is 0. The van der Waals surface area contributed by atoms with Gasteiger partial charge in [-0.3, -0.25) is 9.69 Å². The van der Waals surface area contributed by atoms with Gasteiger partial charge < -0.3 is 24.6 Å². The van der Waals surface area contributed by atoms with Crippen molar-refractivity contribution in [3.8, 4) is 5.75 Å². The number of anilines is 1. The van der Waals surface area contributed by atoms with Gasteiger partial charge in [0.2, 0.25) is 5.91 Å². The Morgan fingerprint density at radius 2 is 1.70 bits per heavy atom. The minimum Gasteiger partial charge on any atom is -0.487 e. The minimum atomic E-state index is -0.281. The van der Waals surface area contributed by atoms with Crippen molar-refractivity contribution >= 4 is 23.7 Å². The molecule has 1 aromatic carbocycles. The maximum Gasteiger partial charge on any atom is 0.409 e. The topological polar surface area (TPSA) is 91.4 Å². The summed E-state index contributed by atoms with van der Waals surface area (Å²) in [6.07, 6.45) is 2.42. The fourth-order valence-electron chi connectivity index (χ4n) is 4.81. The molecular formula is C24H34N4O5. The summed E-state index contributed by atoms with van der Waals surface area (Å²) in [5.41, 5.74) is 0.801. The molecule has 1 atom stereocenters. The molecule has 2 saturated heterocycles. The highest BCUT2D eigenvalue weighted by Gasteiger charge is 2.34. The highest BCUT2D eigenvalue weighted by molar-refractivity contribution is 5.94. The van der Waals surface area contributed by atoms with Gasteiger partial charge in [-0.25, -0.2) is 9.59 Å². The molecule has 2 fully saturated rings. The summed E-state index contributed by atoms with van der Waals surface area (Å²) in [7, 11) is 0. The number of hydrogen-bond donors (Lipinski definition) is 1. The molecule has 33 heavy (non-hydrogen) atoms. The van der Waals surface area contributed by atoms with Gasteiger partial charge in [0.1, 0.15) is 11.9 Å². The van der Waals surface area contributed by atoms with Crippen LogP contribution in [0.15, 0.2) is 24.3 Å². The maximum atomic E-state index is 13.2. The zero-order chi connectivity index (χ0) is 23.4. The Balaban J connectivity index is 1.25. The molecule has 3 heterocycles. The molecule has 0 spiro atoms. The summed E-state index contributed by atoms with van der Waals surface area (Å²) < 4.78 is 10.9. The fourth-order valence-corrected chi connectivity index (χ4v) is 4.81. The van der Waals surface area contributed by atoms with E-state index in [4.69, 9.17) is 9.47 Å². The second-order valence-electron chi connectivity index (χ2n) is 9.02. The predicted octanol–water partition coefficient (Wildman–Crippen LogP) is 2.84. The number of urea groups is 1. The summed E-state index contributed by atoms with van der Waals surface area (Å²) in [5.74, 6) is 0.697. The lowest BCUT2D eigenvalue weighted by atomic mass is 9.94. The maximum absolute atomic E-state index is 13.2. The van der Waals surface area contributed by atoms with E-state index in [0.29, 0.717) is 52.2 Å². The standard InChI is InChI=1S/C24H34N4O5/c1-3-32-24(31)27-14-10-19(11-15-27)25-22(29)18-8-12-26(13-9-18)23(30)28-16-17(2)33-21-7-5-4-6-20(21)28/h4-7,17-19H,3,8-16H2,1-2H3,(H,25,29)/t17-/m1/s1. The van der Waals surface area contributed by atoms with E-state index < -0.39 is 0 Å². The van der Waals surface area contributed by atoms with Gasteiger partial charge in [-0.2, -0.15) is 0 Å². The second kappa shape index (κ2) is 10.3. The van der Waals surface area contributed by atoms with Crippen molar-refractivity contribution in [1.29, 1.82) is 0 Å². The molecule has 9 nitrogen and oxygen atoms in total. The van der Waals surface area contributed by atoms with Crippen LogP contribution in [0.1, 0.15) is 39.5 Å². The quantitative estimate of drug-likeness (QED) is 0.752. The van der Waals surface area contributed by atoms with Gasteiger partial charge in [-0.1, -0.05) is 12.1 Å². The molecule has 4 amide bonds. The Hall–Kier alpha value is -2.97. The van der Waals surface area contributed by atoms with Crippen molar-refractivity contribution in [2.45, 2.75) is 51.7 Å². The summed E-state index contributed by atoms with van der Waals surface area (Å²) in [4.78, 5) is 43.2. The van der Waals surface area contributed by atoms with E-state index in [-0.39, 0.29) is 36.1 Å². The third-order valence-electron chi connectivity index (χ3n) is 6.66. The molecule has 0 bridgehead atoms. The predicted molar refractivity (Wildman–Crippen MR) is 123 cm³/mol. The number of nitrogens with one attached hydrogen (secondary N) is 1. The number of carbonyl (C=O) groups is 3. The molecule has 0 aromatic heterocycles. The molecule has 0 unspecified atom stereocenters. The first-order chi connectivity index (χ1) is 16.0. The molecule has 0 saturated carbocycles. The summed E-state index contributed by atoms with van der Waals surface area (Å²) in [6, 6.07) is 7.67. The van der Waals surface area contributed by atoms with Gasteiger partial charge in [-0.05, 0) is 51.7 Å². The van der Waals surface area contributed by atoms with E-state index in [1.807, 2.05) is 36.1 Å². The van der Waals surface area contributed by atoms with E-state index in [1.54, 1.807) is 16.7 Å². The highest BCUT2D eigenvalue weighted by Crippen LogP contribution is 2.34. The van der Waals surface area contributed by atoms with Crippen LogP contribution in [-0.4, -0.2) is 79.3 Å². The number of benzene rings is 1. The van der Waals surface area contributed by atoms with E-state index in [2.05, 4.69) is 5.32 Å². The lowest BCUT2D eigenvalue weighted by Gasteiger charge is -2.39. The molecule has 1 aromatic rings. The highest BCUT2D eigenvalue weighted by atomic mass is 16.6. The molecule has 4 rings (SSSR count).